The van der Waals surface area contributed by atoms with Gasteiger partial charge in [0.1, 0.15) is 0 Å². The van der Waals surface area contributed by atoms with E-state index in [0.717, 1.165) is 16.0 Å². The number of nitrogens with one attached hydrogen (secondary N) is 2. The SMILES string of the molecule is Cn1c(-c2cccs2)nn(CCNC(=O)NC(c2ccccc2)c2ccccc2)c1=O. The van der Waals surface area contributed by atoms with Gasteiger partial charge in [-0.05, 0) is 22.6 Å². The predicted molar refractivity (Wildman–Crippen MR) is 122 cm³/mol. The maximum atomic E-state index is 12.6. The molecule has 0 radical (unpaired) electrons. The molecular weight excluding hydrogens is 410 g/mol. The lowest BCUT2D eigenvalue weighted by molar-refractivity contribution is 0.238. The molecule has 8 heteroatoms. The Morgan fingerprint density at radius 3 is 2.23 bits per heavy atom. The van der Waals surface area contributed by atoms with Gasteiger partial charge in [-0.2, -0.15) is 0 Å². The van der Waals surface area contributed by atoms with Crippen LogP contribution in [0.15, 0.2) is 83.0 Å². The number of aromatic nitrogens is 3. The Hall–Kier alpha value is -3.65. The van der Waals surface area contributed by atoms with E-state index < -0.39 is 0 Å². The van der Waals surface area contributed by atoms with Crippen molar-refractivity contribution < 1.29 is 4.79 Å². The van der Waals surface area contributed by atoms with Crippen LogP contribution in [0, 0.1) is 0 Å². The van der Waals surface area contributed by atoms with Crippen molar-refractivity contribution in [2.75, 3.05) is 6.54 Å². The van der Waals surface area contributed by atoms with Crippen molar-refractivity contribution in [1.29, 1.82) is 0 Å². The second kappa shape index (κ2) is 9.44. The number of amides is 2. The van der Waals surface area contributed by atoms with Gasteiger partial charge in [0.25, 0.3) is 0 Å². The Bertz CT molecular complexity index is 1140. The van der Waals surface area contributed by atoms with E-state index in [1.807, 2.05) is 78.2 Å². The number of rotatable bonds is 7. The minimum Gasteiger partial charge on any atom is -0.336 e. The van der Waals surface area contributed by atoms with Crippen molar-refractivity contribution in [1.82, 2.24) is 25.0 Å². The van der Waals surface area contributed by atoms with Crippen LogP contribution < -0.4 is 16.3 Å². The van der Waals surface area contributed by atoms with Crippen molar-refractivity contribution in [3.8, 4) is 10.7 Å². The fourth-order valence-electron chi connectivity index (χ4n) is 3.36. The normalized spacial score (nSPS) is 10.9. The summed E-state index contributed by atoms with van der Waals surface area (Å²) in [6, 6.07) is 22.9. The van der Waals surface area contributed by atoms with E-state index in [4.69, 9.17) is 0 Å². The van der Waals surface area contributed by atoms with Crippen LogP contribution in [0.5, 0.6) is 0 Å². The van der Waals surface area contributed by atoms with Gasteiger partial charge in [-0.25, -0.2) is 14.3 Å². The Labute approximate surface area is 184 Å². The topological polar surface area (TPSA) is 81.0 Å². The number of hydrogen-bond donors (Lipinski definition) is 2. The summed E-state index contributed by atoms with van der Waals surface area (Å²) in [6.45, 7) is 0.565. The van der Waals surface area contributed by atoms with E-state index in [9.17, 15) is 9.59 Å². The van der Waals surface area contributed by atoms with E-state index in [1.165, 1.54) is 20.6 Å². The van der Waals surface area contributed by atoms with Crippen LogP contribution >= 0.6 is 11.3 Å². The molecule has 0 saturated carbocycles. The second-order valence-corrected chi connectivity index (χ2v) is 7.97. The molecule has 31 heavy (non-hydrogen) atoms. The van der Waals surface area contributed by atoms with Crippen LogP contribution in [0.25, 0.3) is 10.7 Å². The molecule has 2 N–H and O–H groups in total. The summed E-state index contributed by atoms with van der Waals surface area (Å²) in [4.78, 5) is 26.0. The number of benzene rings is 2. The molecule has 4 rings (SSSR count). The van der Waals surface area contributed by atoms with E-state index in [2.05, 4.69) is 15.7 Å². The Balaban J connectivity index is 1.41. The summed E-state index contributed by atoms with van der Waals surface area (Å²) in [5, 5.41) is 12.2. The van der Waals surface area contributed by atoms with E-state index in [1.54, 1.807) is 7.05 Å². The van der Waals surface area contributed by atoms with Crippen LogP contribution in [0.1, 0.15) is 17.2 Å². The van der Waals surface area contributed by atoms with Crippen LogP contribution in [-0.2, 0) is 13.6 Å². The Morgan fingerprint density at radius 2 is 1.65 bits per heavy atom. The summed E-state index contributed by atoms with van der Waals surface area (Å²) in [5.74, 6) is 0.623. The highest BCUT2D eigenvalue weighted by Gasteiger charge is 2.17. The standard InChI is InChI=1S/C23H23N5O2S/c1-27-21(19-13-8-16-31-19)26-28(23(27)30)15-14-24-22(29)25-20(17-9-4-2-5-10-17)18-11-6-3-7-12-18/h2-13,16,20H,14-15H2,1H3,(H2,24,25,29). The predicted octanol–water partition coefficient (Wildman–Crippen LogP) is 3.40. The smallest absolute Gasteiger partial charge is 0.336 e. The number of carbonyl (C=O) groups excluding carboxylic acids is 1. The Kier molecular flexibility index (Phi) is 6.28. The number of thiophene rings is 1. The molecule has 158 valence electrons. The minimum atomic E-state index is -0.305. The number of carbonyl (C=O) groups is 1. The molecule has 0 spiro atoms. The van der Waals surface area contributed by atoms with Crippen molar-refractivity contribution in [2.24, 2.45) is 7.05 Å². The second-order valence-electron chi connectivity index (χ2n) is 7.02. The molecule has 0 aliphatic heterocycles. The molecular formula is C23H23N5O2S. The molecule has 0 saturated heterocycles. The van der Waals surface area contributed by atoms with Crippen LogP contribution in [0.3, 0.4) is 0 Å². The van der Waals surface area contributed by atoms with Crippen molar-refractivity contribution >= 4 is 17.4 Å². The third-order valence-corrected chi connectivity index (χ3v) is 5.80. The largest absolute Gasteiger partial charge is 0.346 e. The van der Waals surface area contributed by atoms with Gasteiger partial charge in [0, 0.05) is 13.6 Å². The summed E-state index contributed by atoms with van der Waals surface area (Å²) in [6.07, 6.45) is 0. The molecule has 2 aromatic heterocycles. The zero-order chi connectivity index (χ0) is 21.6. The van der Waals surface area contributed by atoms with Crippen LogP contribution in [0.4, 0.5) is 4.79 Å². The molecule has 0 aliphatic rings. The van der Waals surface area contributed by atoms with E-state index in [-0.39, 0.29) is 30.9 Å². The lowest BCUT2D eigenvalue weighted by Gasteiger charge is -2.20. The first kappa shape index (κ1) is 20.6. The molecule has 2 amide bonds. The first-order chi connectivity index (χ1) is 15.1. The summed E-state index contributed by atoms with van der Waals surface area (Å²) in [5.41, 5.74) is 1.77. The summed E-state index contributed by atoms with van der Waals surface area (Å²) in [7, 11) is 1.70. The van der Waals surface area contributed by atoms with E-state index in [0.29, 0.717) is 5.82 Å². The highest BCUT2D eigenvalue weighted by molar-refractivity contribution is 7.13. The molecule has 0 aliphatic carbocycles. The molecule has 7 nitrogen and oxygen atoms in total. The fraction of sp³-hybridized carbons (Fsp3) is 0.174. The van der Waals surface area contributed by atoms with Crippen molar-refractivity contribution in [3.05, 3.63) is 99.8 Å². The van der Waals surface area contributed by atoms with Gasteiger partial charge in [0.2, 0.25) is 0 Å². The maximum absolute atomic E-state index is 12.6. The highest BCUT2D eigenvalue weighted by atomic mass is 32.1. The first-order valence-corrected chi connectivity index (χ1v) is 10.8. The van der Waals surface area contributed by atoms with Crippen molar-refractivity contribution in [3.63, 3.8) is 0 Å². The minimum absolute atomic E-state index is 0.211. The van der Waals surface area contributed by atoms with Gasteiger partial charge < -0.3 is 10.6 Å². The molecule has 0 fully saturated rings. The lowest BCUT2D eigenvalue weighted by atomic mass is 9.99. The highest BCUT2D eigenvalue weighted by Crippen LogP contribution is 2.22. The molecule has 0 bridgehead atoms. The lowest BCUT2D eigenvalue weighted by Crippen LogP contribution is -2.40. The van der Waals surface area contributed by atoms with Crippen molar-refractivity contribution in [2.45, 2.75) is 12.6 Å². The number of urea groups is 1. The number of nitrogens with zero attached hydrogens (tertiary/aromatic N) is 3. The van der Waals surface area contributed by atoms with Gasteiger partial charge in [0.05, 0.1) is 17.5 Å². The monoisotopic (exact) mass is 433 g/mol. The molecule has 0 unspecified atom stereocenters. The average molecular weight is 434 g/mol. The fourth-order valence-corrected chi connectivity index (χ4v) is 4.11. The summed E-state index contributed by atoms with van der Waals surface area (Å²) >= 11 is 1.53. The summed E-state index contributed by atoms with van der Waals surface area (Å²) < 4.78 is 2.90. The van der Waals surface area contributed by atoms with Gasteiger partial charge in [-0.3, -0.25) is 4.57 Å². The van der Waals surface area contributed by atoms with Gasteiger partial charge in [-0.1, -0.05) is 66.7 Å². The van der Waals surface area contributed by atoms with Crippen LogP contribution in [0.2, 0.25) is 0 Å². The molecule has 2 heterocycles. The quantitative estimate of drug-likeness (QED) is 0.469. The third-order valence-electron chi connectivity index (χ3n) is 4.93. The molecule has 0 atom stereocenters. The maximum Gasteiger partial charge on any atom is 0.346 e. The van der Waals surface area contributed by atoms with E-state index >= 15 is 0 Å². The number of hydrogen-bond acceptors (Lipinski definition) is 4. The Morgan fingerprint density at radius 1 is 1.00 bits per heavy atom. The molecule has 2 aromatic carbocycles. The van der Waals surface area contributed by atoms with Gasteiger partial charge >= 0.3 is 11.7 Å². The van der Waals surface area contributed by atoms with Crippen LogP contribution in [-0.4, -0.2) is 26.9 Å². The van der Waals surface area contributed by atoms with Gasteiger partial charge in [0.15, 0.2) is 5.82 Å². The molecule has 4 aromatic rings. The van der Waals surface area contributed by atoms with Gasteiger partial charge in [-0.15, -0.1) is 16.4 Å². The third kappa shape index (κ3) is 4.75. The first-order valence-electron chi connectivity index (χ1n) is 9.95. The zero-order valence-electron chi connectivity index (χ0n) is 17.1. The zero-order valence-corrected chi connectivity index (χ0v) is 17.9. The average Bonchev–Trinajstić information content (AvgIpc) is 3.43.